The highest BCUT2D eigenvalue weighted by Crippen LogP contribution is 2.25. The third kappa shape index (κ3) is 4.07. The second-order valence-corrected chi connectivity index (χ2v) is 5.78. The molecule has 0 saturated heterocycles. The molecule has 116 valence electrons. The number of esters is 1. The Kier molecular flexibility index (Phi) is 5.15. The van der Waals surface area contributed by atoms with Crippen LogP contribution in [0.25, 0.3) is 10.8 Å². The van der Waals surface area contributed by atoms with Gasteiger partial charge in [0.2, 0.25) is 5.91 Å². The van der Waals surface area contributed by atoms with Crippen molar-refractivity contribution >= 4 is 22.6 Å². The third-order valence-corrected chi connectivity index (χ3v) is 3.33. The van der Waals surface area contributed by atoms with E-state index >= 15 is 0 Å². The molecule has 0 heterocycles. The molecule has 0 saturated carbocycles. The number of fused-ring (bicyclic) bond motifs is 1. The molecule has 0 aliphatic rings. The van der Waals surface area contributed by atoms with Crippen molar-refractivity contribution in [2.45, 2.75) is 33.2 Å². The quantitative estimate of drug-likeness (QED) is 0.681. The van der Waals surface area contributed by atoms with Crippen LogP contribution in [0.3, 0.4) is 0 Å². The van der Waals surface area contributed by atoms with Crippen molar-refractivity contribution in [2.75, 3.05) is 0 Å². The molecule has 4 heteroatoms. The molecule has 0 bridgehead atoms. The molecule has 1 amide bonds. The predicted octanol–water partition coefficient (Wildman–Crippen LogP) is 3.30. The largest absolute Gasteiger partial charge is 0.424 e. The van der Waals surface area contributed by atoms with Crippen LogP contribution < -0.4 is 10.1 Å². The monoisotopic (exact) mass is 299 g/mol. The lowest BCUT2D eigenvalue weighted by molar-refractivity contribution is -0.139. The first-order chi connectivity index (χ1) is 10.5. The molecular formula is C18H21NO3. The average molecular weight is 299 g/mol. The van der Waals surface area contributed by atoms with Crippen molar-refractivity contribution in [1.29, 1.82) is 0 Å². The van der Waals surface area contributed by atoms with E-state index in [2.05, 4.69) is 5.32 Å². The first kappa shape index (κ1) is 16.0. The molecule has 0 unspecified atom stereocenters. The molecule has 0 fully saturated rings. The van der Waals surface area contributed by atoms with Gasteiger partial charge in [-0.3, -0.25) is 4.79 Å². The lowest BCUT2D eigenvalue weighted by Gasteiger charge is -2.19. The fourth-order valence-electron chi connectivity index (χ4n) is 2.40. The molecule has 0 aliphatic heterocycles. The molecule has 1 N–H and O–H groups in total. The van der Waals surface area contributed by atoms with E-state index in [1.54, 1.807) is 6.07 Å². The van der Waals surface area contributed by atoms with Gasteiger partial charge in [-0.05, 0) is 23.8 Å². The maximum Gasteiger partial charge on any atom is 0.334 e. The van der Waals surface area contributed by atoms with Crippen LogP contribution in [0.5, 0.6) is 5.75 Å². The van der Waals surface area contributed by atoms with E-state index in [0.29, 0.717) is 12.2 Å². The van der Waals surface area contributed by atoms with Gasteiger partial charge in [-0.25, -0.2) is 4.79 Å². The Bertz CT molecular complexity index is 674. The fourth-order valence-corrected chi connectivity index (χ4v) is 2.40. The Hall–Kier alpha value is -2.36. The van der Waals surface area contributed by atoms with Gasteiger partial charge in [0.15, 0.2) is 0 Å². The molecule has 2 aromatic carbocycles. The Morgan fingerprint density at radius 2 is 1.77 bits per heavy atom. The summed E-state index contributed by atoms with van der Waals surface area (Å²) in [6.07, 6.45) is 0.545. The molecular weight excluding hydrogens is 278 g/mol. The van der Waals surface area contributed by atoms with Gasteiger partial charge in [0.1, 0.15) is 11.8 Å². The summed E-state index contributed by atoms with van der Waals surface area (Å²) >= 11 is 0. The summed E-state index contributed by atoms with van der Waals surface area (Å²) in [6.45, 7) is 5.40. The zero-order valence-corrected chi connectivity index (χ0v) is 13.1. The van der Waals surface area contributed by atoms with Crippen molar-refractivity contribution in [3.63, 3.8) is 0 Å². The Labute approximate surface area is 130 Å². The van der Waals surface area contributed by atoms with E-state index in [1.807, 2.05) is 50.2 Å². The summed E-state index contributed by atoms with van der Waals surface area (Å²) in [5, 5.41) is 4.55. The first-order valence-corrected chi connectivity index (χ1v) is 7.44. The standard InChI is InChI=1S/C18H21NO3/c1-12(2)11-16(19-13(3)20)18(21)22-17-10-6-8-14-7-4-5-9-15(14)17/h4-10,12,16H,11H2,1-3H3,(H,19,20)/t16-/m0/s1. The summed E-state index contributed by atoms with van der Waals surface area (Å²) in [7, 11) is 0. The molecule has 0 aliphatic carbocycles. The number of rotatable bonds is 5. The zero-order chi connectivity index (χ0) is 16.1. The molecule has 0 spiro atoms. The van der Waals surface area contributed by atoms with Crippen molar-refractivity contribution < 1.29 is 14.3 Å². The van der Waals surface area contributed by atoms with Gasteiger partial charge >= 0.3 is 5.97 Å². The third-order valence-electron chi connectivity index (χ3n) is 3.33. The van der Waals surface area contributed by atoms with Gasteiger partial charge in [-0.15, -0.1) is 0 Å². The first-order valence-electron chi connectivity index (χ1n) is 7.44. The normalized spacial score (nSPS) is 12.2. The number of hydrogen-bond acceptors (Lipinski definition) is 3. The van der Waals surface area contributed by atoms with E-state index in [9.17, 15) is 9.59 Å². The summed E-state index contributed by atoms with van der Waals surface area (Å²) in [6, 6.07) is 12.7. The lowest BCUT2D eigenvalue weighted by atomic mass is 10.0. The van der Waals surface area contributed by atoms with Gasteiger partial charge < -0.3 is 10.1 Å². The summed E-state index contributed by atoms with van der Waals surface area (Å²) < 4.78 is 5.54. The molecule has 1 atom stereocenters. The minimum absolute atomic E-state index is 0.236. The minimum atomic E-state index is -0.628. The van der Waals surface area contributed by atoms with E-state index in [0.717, 1.165) is 10.8 Å². The fraction of sp³-hybridized carbons (Fsp3) is 0.333. The van der Waals surface area contributed by atoms with Gasteiger partial charge in [-0.1, -0.05) is 50.2 Å². The van der Waals surface area contributed by atoms with Crippen LogP contribution in [0.2, 0.25) is 0 Å². The van der Waals surface area contributed by atoms with E-state index < -0.39 is 12.0 Å². The van der Waals surface area contributed by atoms with Crippen LogP contribution in [-0.4, -0.2) is 17.9 Å². The topological polar surface area (TPSA) is 55.4 Å². The highest BCUT2D eigenvalue weighted by Gasteiger charge is 2.23. The van der Waals surface area contributed by atoms with Crippen LogP contribution >= 0.6 is 0 Å². The Morgan fingerprint density at radius 3 is 2.45 bits per heavy atom. The van der Waals surface area contributed by atoms with Gasteiger partial charge in [0, 0.05) is 12.3 Å². The van der Waals surface area contributed by atoms with Crippen molar-refractivity contribution in [1.82, 2.24) is 5.32 Å². The van der Waals surface area contributed by atoms with Crippen LogP contribution in [0, 0.1) is 5.92 Å². The van der Waals surface area contributed by atoms with E-state index in [4.69, 9.17) is 4.74 Å². The van der Waals surface area contributed by atoms with Crippen LogP contribution in [0.1, 0.15) is 27.2 Å². The average Bonchev–Trinajstić information content (AvgIpc) is 2.46. The number of benzene rings is 2. The zero-order valence-electron chi connectivity index (χ0n) is 13.1. The maximum atomic E-state index is 12.4. The number of carbonyl (C=O) groups is 2. The number of amides is 1. The van der Waals surface area contributed by atoms with Gasteiger partial charge in [0.05, 0.1) is 0 Å². The molecule has 0 radical (unpaired) electrons. The van der Waals surface area contributed by atoms with Crippen LogP contribution in [0.4, 0.5) is 0 Å². The SMILES string of the molecule is CC(=O)N[C@@H](CC(C)C)C(=O)Oc1cccc2ccccc12. The number of hydrogen-bond donors (Lipinski definition) is 1. The Balaban J connectivity index is 2.22. The number of nitrogens with one attached hydrogen (secondary N) is 1. The van der Waals surface area contributed by atoms with Gasteiger partial charge in [-0.2, -0.15) is 0 Å². The maximum absolute atomic E-state index is 12.4. The summed E-state index contributed by atoms with van der Waals surface area (Å²) in [5.41, 5.74) is 0. The molecule has 2 aromatic rings. The molecule has 2 rings (SSSR count). The van der Waals surface area contributed by atoms with Crippen LogP contribution in [-0.2, 0) is 9.59 Å². The van der Waals surface area contributed by atoms with Crippen LogP contribution in [0.15, 0.2) is 42.5 Å². The predicted molar refractivity (Wildman–Crippen MR) is 86.6 cm³/mol. The second-order valence-electron chi connectivity index (χ2n) is 5.78. The summed E-state index contributed by atoms with van der Waals surface area (Å²) in [5.74, 6) is 0.125. The van der Waals surface area contributed by atoms with Crippen molar-refractivity contribution in [3.8, 4) is 5.75 Å². The summed E-state index contributed by atoms with van der Waals surface area (Å²) in [4.78, 5) is 23.7. The minimum Gasteiger partial charge on any atom is -0.424 e. The molecule has 0 aromatic heterocycles. The highest BCUT2D eigenvalue weighted by atomic mass is 16.5. The highest BCUT2D eigenvalue weighted by molar-refractivity contribution is 5.92. The van der Waals surface area contributed by atoms with E-state index in [1.165, 1.54) is 6.92 Å². The number of carbonyl (C=O) groups excluding carboxylic acids is 2. The van der Waals surface area contributed by atoms with Crippen molar-refractivity contribution in [2.24, 2.45) is 5.92 Å². The van der Waals surface area contributed by atoms with Gasteiger partial charge in [0.25, 0.3) is 0 Å². The molecule has 22 heavy (non-hydrogen) atoms. The second kappa shape index (κ2) is 7.07. The number of ether oxygens (including phenoxy) is 1. The smallest absolute Gasteiger partial charge is 0.334 e. The Morgan fingerprint density at radius 1 is 1.09 bits per heavy atom. The van der Waals surface area contributed by atoms with E-state index in [-0.39, 0.29) is 11.8 Å². The van der Waals surface area contributed by atoms with Crippen molar-refractivity contribution in [3.05, 3.63) is 42.5 Å². The molecule has 4 nitrogen and oxygen atoms in total. The lowest BCUT2D eigenvalue weighted by Crippen LogP contribution is -2.42.